The number of benzene rings is 1. The predicted molar refractivity (Wildman–Crippen MR) is 64.9 cm³/mol. The number of nitrogens with zero attached hydrogens (tertiary/aromatic N) is 2. The lowest BCUT2D eigenvalue weighted by Crippen LogP contribution is -2.15. The van der Waals surface area contributed by atoms with E-state index in [-0.39, 0.29) is 18.2 Å². The molecule has 96 valence electrons. The Morgan fingerprint density at radius 2 is 2.17 bits per heavy atom. The highest BCUT2D eigenvalue weighted by atomic mass is 19.1. The minimum atomic E-state index is -0.451. The van der Waals surface area contributed by atoms with E-state index in [1.165, 1.54) is 6.07 Å². The average molecular weight is 251 g/mol. The maximum Gasteiger partial charge on any atom is 0.128 e. The Balaban J connectivity index is 2.29. The molecule has 18 heavy (non-hydrogen) atoms. The second kappa shape index (κ2) is 5.27. The highest BCUT2D eigenvalue weighted by molar-refractivity contribution is 5.20. The monoisotopic (exact) mass is 251 g/mol. The van der Waals surface area contributed by atoms with Crippen LogP contribution in [0.15, 0.2) is 30.7 Å². The molecule has 0 aliphatic heterocycles. The van der Waals surface area contributed by atoms with Crippen molar-refractivity contribution in [3.05, 3.63) is 53.6 Å². The van der Waals surface area contributed by atoms with Gasteiger partial charge in [-0.15, -0.1) is 0 Å². The molecule has 5 heteroatoms. The number of halogens is 2. The molecule has 0 spiro atoms. The molecule has 0 radical (unpaired) electrons. The summed E-state index contributed by atoms with van der Waals surface area (Å²) >= 11 is 0. The van der Waals surface area contributed by atoms with Crippen LogP contribution in [-0.2, 0) is 6.54 Å². The molecule has 1 aromatic heterocycles. The van der Waals surface area contributed by atoms with Crippen LogP contribution in [-0.4, -0.2) is 9.55 Å². The Morgan fingerprint density at radius 1 is 1.39 bits per heavy atom. The summed E-state index contributed by atoms with van der Waals surface area (Å²) < 4.78 is 28.4. The van der Waals surface area contributed by atoms with Gasteiger partial charge in [0.2, 0.25) is 0 Å². The quantitative estimate of drug-likeness (QED) is 0.907. The summed E-state index contributed by atoms with van der Waals surface area (Å²) in [4.78, 5) is 4.01. The zero-order chi connectivity index (χ0) is 13.1. The molecule has 0 aliphatic carbocycles. The molecule has 1 heterocycles. The van der Waals surface area contributed by atoms with Gasteiger partial charge < -0.3 is 10.3 Å². The molecule has 1 aromatic carbocycles. The van der Waals surface area contributed by atoms with Gasteiger partial charge in [-0.25, -0.2) is 13.8 Å². The lowest BCUT2D eigenvalue weighted by Gasteiger charge is -2.13. The molecule has 2 aromatic rings. The molecule has 2 N–H and O–H groups in total. The number of hydrogen-bond donors (Lipinski definition) is 1. The molecule has 0 unspecified atom stereocenters. The first kappa shape index (κ1) is 12.7. The first-order chi connectivity index (χ1) is 8.61. The SMILES string of the molecule is CC[C@@H](N)c1cncn1Cc1cc(F)ccc1F. The van der Waals surface area contributed by atoms with Crippen LogP contribution in [0.4, 0.5) is 8.78 Å². The van der Waals surface area contributed by atoms with Crippen molar-refractivity contribution in [1.29, 1.82) is 0 Å². The molecule has 0 saturated heterocycles. The Morgan fingerprint density at radius 3 is 2.89 bits per heavy atom. The normalized spacial score (nSPS) is 12.7. The van der Waals surface area contributed by atoms with Crippen LogP contribution < -0.4 is 5.73 Å². The molecular weight excluding hydrogens is 236 g/mol. The third-order valence-corrected chi connectivity index (χ3v) is 2.91. The van der Waals surface area contributed by atoms with Gasteiger partial charge in [0.25, 0.3) is 0 Å². The van der Waals surface area contributed by atoms with Crippen molar-refractivity contribution in [3.8, 4) is 0 Å². The second-order valence-electron chi connectivity index (χ2n) is 4.20. The Hall–Kier alpha value is -1.75. The summed E-state index contributed by atoms with van der Waals surface area (Å²) in [6.07, 6.45) is 4.00. The van der Waals surface area contributed by atoms with Crippen molar-refractivity contribution < 1.29 is 8.78 Å². The van der Waals surface area contributed by atoms with Gasteiger partial charge in [-0.05, 0) is 24.6 Å². The predicted octanol–water partition coefficient (Wildman–Crippen LogP) is 2.62. The van der Waals surface area contributed by atoms with Crippen LogP contribution in [0.5, 0.6) is 0 Å². The minimum Gasteiger partial charge on any atom is -0.329 e. The maximum absolute atomic E-state index is 13.5. The second-order valence-corrected chi connectivity index (χ2v) is 4.20. The molecule has 0 aliphatic rings. The Bertz CT molecular complexity index is 537. The fraction of sp³-hybridized carbons (Fsp3) is 0.308. The van der Waals surface area contributed by atoms with Crippen LogP contribution >= 0.6 is 0 Å². The third kappa shape index (κ3) is 2.56. The van der Waals surface area contributed by atoms with Gasteiger partial charge in [0, 0.05) is 17.8 Å². The van der Waals surface area contributed by atoms with E-state index in [2.05, 4.69) is 4.98 Å². The van der Waals surface area contributed by atoms with E-state index >= 15 is 0 Å². The highest BCUT2D eigenvalue weighted by Gasteiger charge is 2.11. The average Bonchev–Trinajstić information content (AvgIpc) is 2.81. The van der Waals surface area contributed by atoms with Crippen molar-refractivity contribution in [2.24, 2.45) is 5.73 Å². The van der Waals surface area contributed by atoms with E-state index in [1.807, 2.05) is 6.92 Å². The van der Waals surface area contributed by atoms with Crippen molar-refractivity contribution >= 4 is 0 Å². The van der Waals surface area contributed by atoms with E-state index in [0.717, 1.165) is 24.2 Å². The molecule has 2 rings (SSSR count). The molecule has 0 amide bonds. The summed E-state index contributed by atoms with van der Waals surface area (Å²) in [7, 11) is 0. The number of imidazole rings is 1. The first-order valence-corrected chi connectivity index (χ1v) is 5.81. The fourth-order valence-corrected chi connectivity index (χ4v) is 1.83. The highest BCUT2D eigenvalue weighted by Crippen LogP contribution is 2.17. The van der Waals surface area contributed by atoms with Crippen molar-refractivity contribution in [1.82, 2.24) is 9.55 Å². The lowest BCUT2D eigenvalue weighted by atomic mass is 10.1. The smallest absolute Gasteiger partial charge is 0.128 e. The summed E-state index contributed by atoms with van der Waals surface area (Å²) in [5.41, 5.74) is 7.04. The van der Waals surface area contributed by atoms with Gasteiger partial charge in [0.1, 0.15) is 11.6 Å². The van der Waals surface area contributed by atoms with Gasteiger partial charge >= 0.3 is 0 Å². The zero-order valence-electron chi connectivity index (χ0n) is 10.1. The number of rotatable bonds is 4. The number of hydrogen-bond acceptors (Lipinski definition) is 2. The van der Waals surface area contributed by atoms with Gasteiger partial charge in [0.05, 0.1) is 18.6 Å². The molecule has 1 atom stereocenters. The van der Waals surface area contributed by atoms with E-state index in [4.69, 9.17) is 5.73 Å². The zero-order valence-corrected chi connectivity index (χ0v) is 10.1. The maximum atomic E-state index is 13.5. The lowest BCUT2D eigenvalue weighted by molar-refractivity contribution is 0.564. The number of aromatic nitrogens is 2. The van der Waals surface area contributed by atoms with E-state index in [1.54, 1.807) is 17.1 Å². The van der Waals surface area contributed by atoms with Crippen LogP contribution in [0.3, 0.4) is 0 Å². The fourth-order valence-electron chi connectivity index (χ4n) is 1.83. The van der Waals surface area contributed by atoms with Crippen molar-refractivity contribution in [3.63, 3.8) is 0 Å². The van der Waals surface area contributed by atoms with Crippen molar-refractivity contribution in [2.45, 2.75) is 25.9 Å². The van der Waals surface area contributed by atoms with Gasteiger partial charge in [-0.1, -0.05) is 6.92 Å². The van der Waals surface area contributed by atoms with E-state index in [0.29, 0.717) is 0 Å². The topological polar surface area (TPSA) is 43.8 Å². The molecule has 3 nitrogen and oxygen atoms in total. The van der Waals surface area contributed by atoms with Gasteiger partial charge in [0.15, 0.2) is 0 Å². The molecule has 0 saturated carbocycles. The molecule has 0 fully saturated rings. The van der Waals surface area contributed by atoms with Crippen LogP contribution in [0.1, 0.15) is 30.6 Å². The summed E-state index contributed by atoms with van der Waals surface area (Å²) in [5, 5.41) is 0. The van der Waals surface area contributed by atoms with E-state index in [9.17, 15) is 8.78 Å². The van der Waals surface area contributed by atoms with Gasteiger partial charge in [-0.2, -0.15) is 0 Å². The van der Waals surface area contributed by atoms with Gasteiger partial charge in [-0.3, -0.25) is 0 Å². The standard InChI is InChI=1S/C13H15F2N3/c1-2-12(16)13-6-17-8-18(13)7-9-5-10(14)3-4-11(9)15/h3-6,8,12H,2,7,16H2,1H3/t12-/m1/s1. The number of nitrogens with two attached hydrogens (primary N) is 1. The first-order valence-electron chi connectivity index (χ1n) is 5.81. The summed E-state index contributed by atoms with van der Waals surface area (Å²) in [6, 6.07) is 3.27. The molecular formula is C13H15F2N3. The largest absolute Gasteiger partial charge is 0.329 e. The van der Waals surface area contributed by atoms with Crippen LogP contribution in [0.25, 0.3) is 0 Å². The van der Waals surface area contributed by atoms with Crippen LogP contribution in [0, 0.1) is 11.6 Å². The van der Waals surface area contributed by atoms with Crippen LogP contribution in [0.2, 0.25) is 0 Å². The summed E-state index contributed by atoms with van der Waals surface area (Å²) in [5.74, 6) is -0.881. The Kier molecular flexibility index (Phi) is 3.72. The van der Waals surface area contributed by atoms with E-state index < -0.39 is 11.6 Å². The third-order valence-electron chi connectivity index (χ3n) is 2.91. The molecule has 0 bridgehead atoms. The summed E-state index contributed by atoms with van der Waals surface area (Å²) in [6.45, 7) is 2.19. The Labute approximate surface area is 104 Å². The minimum absolute atomic E-state index is 0.149. The van der Waals surface area contributed by atoms with Crippen molar-refractivity contribution in [2.75, 3.05) is 0 Å².